The molecule has 8 rings (SSSR count). The van der Waals surface area contributed by atoms with Crippen molar-refractivity contribution in [3.63, 3.8) is 0 Å². The van der Waals surface area contributed by atoms with Gasteiger partial charge >= 0.3 is 0 Å². The maximum atomic E-state index is 16.6. The number of fused-ring (bicyclic) bond motifs is 1. The van der Waals surface area contributed by atoms with E-state index in [1.54, 1.807) is 53.1 Å². The number of anilines is 2. The Morgan fingerprint density at radius 2 is 1.84 bits per heavy atom. The van der Waals surface area contributed by atoms with Gasteiger partial charge in [-0.15, -0.1) is 5.10 Å². The van der Waals surface area contributed by atoms with Crippen molar-refractivity contribution in [2.75, 3.05) is 57.6 Å². The van der Waals surface area contributed by atoms with Crippen molar-refractivity contribution < 1.29 is 37.1 Å². The molecule has 3 aliphatic heterocycles. The summed E-state index contributed by atoms with van der Waals surface area (Å²) in [5.41, 5.74) is 3.90. The number of halogens is 3. The molecule has 0 radical (unpaired) electrons. The zero-order valence-corrected chi connectivity index (χ0v) is 34.0. The van der Waals surface area contributed by atoms with Gasteiger partial charge in [-0.3, -0.25) is 29.2 Å². The van der Waals surface area contributed by atoms with Gasteiger partial charge in [0, 0.05) is 88.3 Å². The Labute approximate surface area is 349 Å². The number of aryl methyl sites for hydroxylation is 1. The summed E-state index contributed by atoms with van der Waals surface area (Å²) in [5.74, 6) is -2.62. The molecule has 3 N–H and O–H groups in total. The van der Waals surface area contributed by atoms with Gasteiger partial charge in [0.1, 0.15) is 29.5 Å². The normalized spacial score (nSPS) is 19.4. The first-order chi connectivity index (χ1) is 29.4. The van der Waals surface area contributed by atoms with Gasteiger partial charge < -0.3 is 29.7 Å². The van der Waals surface area contributed by atoms with Crippen LogP contribution in [0.3, 0.4) is 0 Å². The third-order valence-corrected chi connectivity index (χ3v) is 11.7. The van der Waals surface area contributed by atoms with E-state index >= 15 is 13.2 Å². The topological polar surface area (TPSA) is 158 Å². The van der Waals surface area contributed by atoms with E-state index in [2.05, 4.69) is 25.9 Å². The van der Waals surface area contributed by atoms with Crippen molar-refractivity contribution in [3.8, 4) is 16.9 Å². The summed E-state index contributed by atoms with van der Waals surface area (Å²) < 4.78 is 55.4. The highest BCUT2D eigenvalue weighted by Crippen LogP contribution is 2.40. The second-order valence-corrected chi connectivity index (χ2v) is 15.8. The number of rotatable bonds is 11. The van der Waals surface area contributed by atoms with Gasteiger partial charge in [0.15, 0.2) is 5.82 Å². The van der Waals surface area contributed by atoms with E-state index in [-0.39, 0.29) is 78.4 Å². The van der Waals surface area contributed by atoms with E-state index in [1.807, 2.05) is 30.3 Å². The van der Waals surface area contributed by atoms with E-state index < -0.39 is 35.7 Å². The van der Waals surface area contributed by atoms with Crippen LogP contribution in [0, 0.1) is 11.6 Å². The number of piperidine rings is 2. The summed E-state index contributed by atoms with van der Waals surface area (Å²) in [6.07, 6.45) is 5.38. The lowest BCUT2D eigenvalue weighted by Crippen LogP contribution is -2.47. The third-order valence-electron chi connectivity index (χ3n) is 11.7. The molecule has 2 aromatic heterocycles. The summed E-state index contributed by atoms with van der Waals surface area (Å²) in [4.78, 5) is 58.0. The molecule has 1 unspecified atom stereocenters. The quantitative estimate of drug-likeness (QED) is 0.143. The maximum absolute atomic E-state index is 16.6. The molecule has 3 atom stereocenters. The molecule has 5 aromatic rings. The number of amides is 4. The van der Waals surface area contributed by atoms with Gasteiger partial charge in [-0.1, -0.05) is 35.6 Å². The molecule has 3 aliphatic rings. The van der Waals surface area contributed by atoms with Crippen LogP contribution in [0.5, 0.6) is 5.75 Å². The van der Waals surface area contributed by atoms with Gasteiger partial charge in [-0.2, -0.15) is 0 Å². The molecule has 0 aliphatic carbocycles. The molecule has 17 heteroatoms. The van der Waals surface area contributed by atoms with E-state index in [1.165, 1.54) is 24.1 Å². The van der Waals surface area contributed by atoms with Crippen LogP contribution in [0.25, 0.3) is 27.6 Å². The molecular weight excluding hydrogens is 792 g/mol. The van der Waals surface area contributed by atoms with Crippen molar-refractivity contribution in [1.29, 1.82) is 0 Å². The number of methoxy groups -OCH3 is 1. The highest BCUT2D eigenvalue weighted by atomic mass is 19.1. The number of carbonyl (C=O) groups excluding carboxylic acids is 4. The Morgan fingerprint density at radius 1 is 1.03 bits per heavy atom. The Morgan fingerprint density at radius 3 is 2.54 bits per heavy atom. The fourth-order valence-corrected chi connectivity index (χ4v) is 8.46. The zero-order valence-electron chi connectivity index (χ0n) is 34.0. The predicted octanol–water partition coefficient (Wildman–Crippen LogP) is 5.67. The second-order valence-electron chi connectivity index (χ2n) is 15.8. The van der Waals surface area contributed by atoms with Crippen molar-refractivity contribution >= 4 is 51.5 Å². The number of nitrogens with one attached hydrogen (secondary N) is 3. The van der Waals surface area contributed by atoms with Crippen LogP contribution in [0.1, 0.15) is 59.6 Å². The van der Waals surface area contributed by atoms with Gasteiger partial charge in [-0.25, -0.2) is 13.2 Å². The first kappa shape index (κ1) is 41.1. The fraction of sp³-hybridized carbons (Fsp3) is 0.364. The Bertz CT molecular complexity index is 2520. The lowest BCUT2D eigenvalue weighted by atomic mass is 9.86. The van der Waals surface area contributed by atoms with Crippen molar-refractivity contribution in [3.05, 3.63) is 95.5 Å². The van der Waals surface area contributed by atoms with Gasteiger partial charge in [0.05, 0.1) is 36.7 Å². The highest BCUT2D eigenvalue weighted by molar-refractivity contribution is 6.05. The Balaban J connectivity index is 1.02. The number of imide groups is 1. The third kappa shape index (κ3) is 8.41. The van der Waals surface area contributed by atoms with Gasteiger partial charge in [-0.05, 0) is 53.7 Å². The fourth-order valence-electron chi connectivity index (χ4n) is 8.46. The van der Waals surface area contributed by atoms with Crippen LogP contribution in [-0.2, 0) is 20.9 Å². The lowest BCUT2D eigenvalue weighted by Gasteiger charge is -2.37. The van der Waals surface area contributed by atoms with Crippen LogP contribution >= 0.6 is 0 Å². The van der Waals surface area contributed by atoms with E-state index in [0.717, 1.165) is 11.1 Å². The molecule has 2 fully saturated rings. The molecule has 14 nitrogen and oxygen atoms in total. The number of alkyl halides is 1. The number of hydrogen-bond donors (Lipinski definition) is 3. The molecule has 4 amide bonds. The largest absolute Gasteiger partial charge is 0.495 e. The predicted molar refractivity (Wildman–Crippen MR) is 223 cm³/mol. The molecule has 0 bridgehead atoms. The number of H-pyrrole nitrogens is 1. The zero-order chi connectivity index (χ0) is 42.9. The molecule has 0 saturated carbocycles. The summed E-state index contributed by atoms with van der Waals surface area (Å²) >= 11 is 0. The number of aromatic nitrogens is 4. The minimum absolute atomic E-state index is 0.0739. The summed E-state index contributed by atoms with van der Waals surface area (Å²) in [6.45, 7) is 1.36. The number of aromatic amines is 1. The monoisotopic (exact) mass is 837 g/mol. The standard InChI is InChI=1S/C44H46F3N9O5/c1-53(2)44(60)36-20-31-29(19-30(41(47)42(31)50-36)27-5-4-15-55(23-27)40(58)13-17-56-18-14-48-52-56)26-8-6-25(7-9-26)28-12-16-54(24-33(28)46)37-22-38(61-3)35(21-32(37)45)49-34-10-11-39(57)51-43(34)59/h5-9,14,18-22,28,33-34,49-50H,4,10-13,15-17,23-24H2,1-3H3,(H,51,57,59)/t28-,33-,34?/m0/s1. The molecular formula is C44H46F3N9O5. The number of hydrogen-bond acceptors (Lipinski definition) is 9. The average molecular weight is 838 g/mol. The van der Waals surface area contributed by atoms with E-state index in [4.69, 9.17) is 4.74 Å². The molecule has 3 aromatic carbocycles. The molecule has 318 valence electrons. The van der Waals surface area contributed by atoms with Crippen molar-refractivity contribution in [2.45, 2.75) is 56.8 Å². The minimum Gasteiger partial charge on any atom is -0.495 e. The first-order valence-corrected chi connectivity index (χ1v) is 20.2. The van der Waals surface area contributed by atoms with Crippen molar-refractivity contribution in [2.24, 2.45) is 0 Å². The average Bonchev–Trinajstić information content (AvgIpc) is 3.95. The lowest BCUT2D eigenvalue weighted by molar-refractivity contribution is -0.134. The Hall–Kier alpha value is -6.65. The number of benzene rings is 3. The number of ether oxygens (including phenoxy) is 1. The van der Waals surface area contributed by atoms with Gasteiger partial charge in [0.2, 0.25) is 17.7 Å². The molecule has 5 heterocycles. The summed E-state index contributed by atoms with van der Waals surface area (Å²) in [5, 5.41) is 13.5. The first-order valence-electron chi connectivity index (χ1n) is 20.2. The van der Waals surface area contributed by atoms with Crippen LogP contribution in [0.15, 0.2) is 67.0 Å². The van der Waals surface area contributed by atoms with Crippen LogP contribution in [0.2, 0.25) is 0 Å². The van der Waals surface area contributed by atoms with Crippen LogP contribution in [-0.4, -0.2) is 113 Å². The summed E-state index contributed by atoms with van der Waals surface area (Å²) in [6, 6.07) is 12.8. The second kappa shape index (κ2) is 17.1. The molecule has 61 heavy (non-hydrogen) atoms. The maximum Gasteiger partial charge on any atom is 0.269 e. The molecule has 0 spiro atoms. The van der Waals surface area contributed by atoms with E-state index in [0.29, 0.717) is 54.6 Å². The number of nitrogens with zero attached hydrogens (tertiary/aromatic N) is 6. The van der Waals surface area contributed by atoms with E-state index in [9.17, 15) is 19.2 Å². The SMILES string of the molecule is COc1cc(N2CC[C@@H](c3ccc(-c4cc(C5=CCCN(C(=O)CCn6ccnn6)C5)c(F)c5[nH]c(C(=O)N(C)C)cc45)cc3)[C@@H](F)C2)c(F)cc1NC1CCC(=O)NC1=O. The highest BCUT2D eigenvalue weighted by Gasteiger charge is 2.33. The van der Waals surface area contributed by atoms with Gasteiger partial charge in [0.25, 0.3) is 5.91 Å². The number of carbonyl (C=O) groups is 4. The smallest absolute Gasteiger partial charge is 0.269 e. The van der Waals surface area contributed by atoms with Crippen LogP contribution < -0.4 is 20.3 Å². The summed E-state index contributed by atoms with van der Waals surface area (Å²) in [7, 11) is 4.66. The van der Waals surface area contributed by atoms with Crippen LogP contribution in [0.4, 0.5) is 24.5 Å². The Kier molecular flexibility index (Phi) is 11.6. The van der Waals surface area contributed by atoms with Crippen molar-refractivity contribution in [1.82, 2.24) is 35.1 Å². The molecule has 2 saturated heterocycles. The minimum atomic E-state index is -1.35.